The molecule has 0 aromatic carbocycles. The second kappa shape index (κ2) is 9.55. The molecule has 0 fully saturated rings. The van der Waals surface area contributed by atoms with Crippen LogP contribution >= 0.6 is 23.1 Å². The number of aryl methyl sites for hydroxylation is 1. The summed E-state index contributed by atoms with van der Waals surface area (Å²) in [5.74, 6) is 0.763. The molecule has 0 aliphatic heterocycles. The highest BCUT2D eigenvalue weighted by atomic mass is 32.2. The number of carbonyl (C=O) groups excluding carboxylic acids is 1. The van der Waals surface area contributed by atoms with Crippen LogP contribution in [0.2, 0.25) is 0 Å². The van der Waals surface area contributed by atoms with Gasteiger partial charge in [0.25, 0.3) is 5.56 Å². The number of amides is 1. The Balaban J connectivity index is 2.14. The predicted molar refractivity (Wildman–Crippen MR) is 111 cm³/mol. The normalized spacial score (nSPS) is 13.7. The quantitative estimate of drug-likeness (QED) is 0.491. The minimum atomic E-state index is -0.0973. The Morgan fingerprint density at radius 2 is 2.08 bits per heavy atom. The smallest absolute Gasteiger partial charge is 0.260 e. The zero-order valence-electron chi connectivity index (χ0n) is 16.3. The molecule has 144 valence electrons. The molecule has 2 aromatic rings. The molecule has 5 nitrogen and oxygen atoms in total. The van der Waals surface area contributed by atoms with Crippen molar-refractivity contribution in [3.8, 4) is 0 Å². The van der Waals surface area contributed by atoms with E-state index < -0.39 is 0 Å². The average molecular weight is 396 g/mol. The first-order chi connectivity index (χ1) is 12.3. The number of H-pyrrole nitrogens is 1. The fraction of sp³-hybridized carbons (Fsp3) is 0.632. The predicted octanol–water partition coefficient (Wildman–Crippen LogP) is 4.28. The molecule has 0 aliphatic rings. The van der Waals surface area contributed by atoms with E-state index in [1.54, 1.807) is 11.3 Å². The van der Waals surface area contributed by atoms with Gasteiger partial charge < -0.3 is 10.3 Å². The number of nitrogens with zero attached hydrogens (tertiary/aromatic N) is 1. The number of fused-ring (bicyclic) bond motifs is 1. The number of thiophene rings is 1. The summed E-state index contributed by atoms with van der Waals surface area (Å²) < 4.78 is 0. The van der Waals surface area contributed by atoms with E-state index in [4.69, 9.17) is 0 Å². The van der Waals surface area contributed by atoms with Crippen LogP contribution in [0.1, 0.15) is 57.4 Å². The van der Waals surface area contributed by atoms with Gasteiger partial charge in [-0.3, -0.25) is 9.59 Å². The highest BCUT2D eigenvalue weighted by Crippen LogP contribution is 2.30. The van der Waals surface area contributed by atoms with E-state index in [0.717, 1.165) is 46.3 Å². The molecule has 0 spiro atoms. The van der Waals surface area contributed by atoms with Crippen molar-refractivity contribution in [2.75, 3.05) is 5.75 Å². The van der Waals surface area contributed by atoms with Gasteiger partial charge in [-0.15, -0.1) is 11.3 Å². The summed E-state index contributed by atoms with van der Waals surface area (Å²) in [5, 5.41) is 4.20. The van der Waals surface area contributed by atoms with Crippen molar-refractivity contribution >= 4 is 39.2 Å². The Bertz CT molecular complexity index is 813. The SMILES string of the molecule is CCCC(C)NC(=O)CSc1nc2sc(C)c(CC(C)CC)c2c(=O)[nH]1. The van der Waals surface area contributed by atoms with Crippen LogP contribution in [0.4, 0.5) is 0 Å². The number of hydrogen-bond donors (Lipinski definition) is 2. The number of hydrogen-bond acceptors (Lipinski definition) is 5. The van der Waals surface area contributed by atoms with Gasteiger partial charge in [0.15, 0.2) is 5.16 Å². The Kier molecular flexibility index (Phi) is 7.70. The molecular weight excluding hydrogens is 366 g/mol. The van der Waals surface area contributed by atoms with Gasteiger partial charge in [-0.25, -0.2) is 4.98 Å². The lowest BCUT2D eigenvalue weighted by Crippen LogP contribution is -2.33. The van der Waals surface area contributed by atoms with Crippen LogP contribution in [-0.2, 0) is 11.2 Å². The average Bonchev–Trinajstić information content (AvgIpc) is 2.89. The molecule has 2 N–H and O–H groups in total. The number of nitrogens with one attached hydrogen (secondary N) is 2. The van der Waals surface area contributed by atoms with Crippen LogP contribution in [0, 0.1) is 12.8 Å². The Hall–Kier alpha value is -1.34. The van der Waals surface area contributed by atoms with Crippen molar-refractivity contribution in [3.05, 3.63) is 20.8 Å². The standard InChI is InChI=1S/C19H29N3O2S2/c1-6-8-12(4)20-15(23)10-25-19-21-17(24)16-14(9-11(3)7-2)13(5)26-18(16)22-19/h11-12H,6-10H2,1-5H3,(H,20,23)(H,21,22,24). The van der Waals surface area contributed by atoms with Crippen LogP contribution in [0.15, 0.2) is 9.95 Å². The molecule has 0 aliphatic carbocycles. The van der Waals surface area contributed by atoms with E-state index in [1.165, 1.54) is 11.8 Å². The highest BCUT2D eigenvalue weighted by Gasteiger charge is 2.17. The second-order valence-corrected chi connectivity index (χ2v) is 9.12. The monoisotopic (exact) mass is 395 g/mol. The first-order valence-electron chi connectivity index (χ1n) is 9.30. The van der Waals surface area contributed by atoms with Crippen molar-refractivity contribution in [1.82, 2.24) is 15.3 Å². The fourth-order valence-electron chi connectivity index (χ4n) is 2.92. The lowest BCUT2D eigenvalue weighted by molar-refractivity contribution is -0.119. The summed E-state index contributed by atoms with van der Waals surface area (Å²) in [6.45, 7) is 10.5. The first kappa shape index (κ1) is 21.0. The summed E-state index contributed by atoms with van der Waals surface area (Å²) in [4.78, 5) is 34.0. The third-order valence-corrected chi connectivity index (χ3v) is 6.47. The zero-order chi connectivity index (χ0) is 19.3. The van der Waals surface area contributed by atoms with Crippen molar-refractivity contribution in [1.29, 1.82) is 0 Å². The van der Waals surface area contributed by atoms with E-state index in [-0.39, 0.29) is 23.3 Å². The van der Waals surface area contributed by atoms with E-state index >= 15 is 0 Å². The van der Waals surface area contributed by atoms with Crippen LogP contribution in [0.25, 0.3) is 10.2 Å². The second-order valence-electron chi connectivity index (χ2n) is 6.95. The summed E-state index contributed by atoms with van der Waals surface area (Å²) in [6.07, 6.45) is 3.99. The van der Waals surface area contributed by atoms with Crippen LogP contribution < -0.4 is 10.9 Å². The summed E-state index contributed by atoms with van der Waals surface area (Å²) >= 11 is 2.85. The molecule has 2 heterocycles. The molecule has 2 atom stereocenters. The molecule has 0 radical (unpaired) electrons. The molecule has 0 bridgehead atoms. The van der Waals surface area contributed by atoms with E-state index in [2.05, 4.69) is 43.0 Å². The number of rotatable bonds is 9. The lowest BCUT2D eigenvalue weighted by Gasteiger charge is -2.12. The van der Waals surface area contributed by atoms with Crippen molar-refractivity contribution < 1.29 is 4.79 Å². The third kappa shape index (κ3) is 5.33. The number of carbonyl (C=O) groups is 1. The minimum absolute atomic E-state index is 0.0292. The van der Waals surface area contributed by atoms with Gasteiger partial charge in [0.05, 0.1) is 11.1 Å². The maximum absolute atomic E-state index is 12.6. The maximum atomic E-state index is 12.6. The molecule has 1 amide bonds. The van der Waals surface area contributed by atoms with Crippen molar-refractivity contribution in [3.63, 3.8) is 0 Å². The molecular formula is C19H29N3O2S2. The van der Waals surface area contributed by atoms with Gasteiger partial charge in [0, 0.05) is 10.9 Å². The maximum Gasteiger partial charge on any atom is 0.260 e. The van der Waals surface area contributed by atoms with Gasteiger partial charge in [-0.1, -0.05) is 45.4 Å². The molecule has 2 rings (SSSR count). The topological polar surface area (TPSA) is 74.8 Å². The van der Waals surface area contributed by atoms with E-state index in [0.29, 0.717) is 11.1 Å². The van der Waals surface area contributed by atoms with Gasteiger partial charge in [0.1, 0.15) is 4.83 Å². The Labute approximate surface area is 163 Å². The molecule has 2 unspecified atom stereocenters. The number of aromatic nitrogens is 2. The van der Waals surface area contributed by atoms with Crippen LogP contribution in [0.5, 0.6) is 0 Å². The number of aromatic amines is 1. The largest absolute Gasteiger partial charge is 0.353 e. The summed E-state index contributed by atoms with van der Waals surface area (Å²) in [7, 11) is 0. The molecule has 7 heteroatoms. The first-order valence-corrected chi connectivity index (χ1v) is 11.1. The van der Waals surface area contributed by atoms with Gasteiger partial charge >= 0.3 is 0 Å². The van der Waals surface area contributed by atoms with Crippen LogP contribution in [0.3, 0.4) is 0 Å². The molecule has 26 heavy (non-hydrogen) atoms. The minimum Gasteiger partial charge on any atom is -0.353 e. The van der Waals surface area contributed by atoms with Gasteiger partial charge in [-0.2, -0.15) is 0 Å². The van der Waals surface area contributed by atoms with E-state index in [1.807, 2.05) is 6.92 Å². The van der Waals surface area contributed by atoms with Gasteiger partial charge in [-0.05, 0) is 38.2 Å². The van der Waals surface area contributed by atoms with Crippen LogP contribution in [-0.4, -0.2) is 27.7 Å². The molecule has 2 aromatic heterocycles. The third-order valence-electron chi connectivity index (χ3n) is 4.56. The Morgan fingerprint density at radius 1 is 1.35 bits per heavy atom. The highest BCUT2D eigenvalue weighted by molar-refractivity contribution is 7.99. The summed E-state index contributed by atoms with van der Waals surface area (Å²) in [6, 6.07) is 0.172. The van der Waals surface area contributed by atoms with E-state index in [9.17, 15) is 9.59 Å². The zero-order valence-corrected chi connectivity index (χ0v) is 17.9. The Morgan fingerprint density at radius 3 is 2.73 bits per heavy atom. The fourth-order valence-corrected chi connectivity index (χ4v) is 4.70. The van der Waals surface area contributed by atoms with Crippen molar-refractivity contribution in [2.24, 2.45) is 5.92 Å². The number of thioether (sulfide) groups is 1. The van der Waals surface area contributed by atoms with Crippen molar-refractivity contribution in [2.45, 2.75) is 71.5 Å². The lowest BCUT2D eigenvalue weighted by atomic mass is 9.98. The summed E-state index contributed by atoms with van der Waals surface area (Å²) in [5.41, 5.74) is 1.02. The molecule has 0 saturated carbocycles. The molecule has 0 saturated heterocycles. The van der Waals surface area contributed by atoms with Gasteiger partial charge in [0.2, 0.25) is 5.91 Å².